The first-order valence-electron chi connectivity index (χ1n) is 7.59. The van der Waals surface area contributed by atoms with Crippen molar-refractivity contribution in [3.05, 3.63) is 35.4 Å². The Bertz CT molecular complexity index is 461. The van der Waals surface area contributed by atoms with Gasteiger partial charge in [0.25, 0.3) is 5.91 Å². The van der Waals surface area contributed by atoms with Crippen LogP contribution in [0.4, 0.5) is 0 Å². The van der Waals surface area contributed by atoms with Crippen LogP contribution in [0, 0.1) is 0 Å². The molecule has 0 spiro atoms. The molecule has 0 aliphatic carbocycles. The predicted molar refractivity (Wildman–Crippen MR) is 78.7 cm³/mol. The number of amides is 1. The number of fused-ring (bicyclic) bond motifs is 1. The zero-order chi connectivity index (χ0) is 14.5. The number of nitrogens with one attached hydrogen (secondary N) is 1. The van der Waals surface area contributed by atoms with Gasteiger partial charge >= 0.3 is 0 Å². The van der Waals surface area contributed by atoms with Gasteiger partial charge in [0.2, 0.25) is 0 Å². The lowest BCUT2D eigenvalue weighted by molar-refractivity contribution is -0.147. The van der Waals surface area contributed by atoms with E-state index in [0.717, 1.165) is 26.1 Å². The summed E-state index contributed by atoms with van der Waals surface area (Å²) in [5.41, 5.74) is 2.85. The van der Waals surface area contributed by atoms with E-state index in [4.69, 9.17) is 9.47 Å². The van der Waals surface area contributed by atoms with Gasteiger partial charge in [-0.3, -0.25) is 9.69 Å². The first-order chi connectivity index (χ1) is 10.3. The highest BCUT2D eigenvalue weighted by Gasteiger charge is 2.22. The molecule has 1 atom stereocenters. The summed E-state index contributed by atoms with van der Waals surface area (Å²) < 4.78 is 10.6. The fourth-order valence-electron chi connectivity index (χ4n) is 2.83. The van der Waals surface area contributed by atoms with Crippen LogP contribution in [0.15, 0.2) is 24.3 Å². The minimum absolute atomic E-state index is 0.0561. The van der Waals surface area contributed by atoms with Crippen LogP contribution < -0.4 is 5.32 Å². The number of carbonyl (C=O) groups excluding carboxylic acids is 1. The molecule has 21 heavy (non-hydrogen) atoms. The molecule has 114 valence electrons. The molecule has 1 amide bonds. The molecular weight excluding hydrogens is 268 g/mol. The second-order valence-electron chi connectivity index (χ2n) is 5.56. The lowest BCUT2D eigenvalue weighted by Gasteiger charge is -2.22. The Kier molecular flexibility index (Phi) is 4.85. The summed E-state index contributed by atoms with van der Waals surface area (Å²) in [7, 11) is 0. The maximum atomic E-state index is 11.8. The van der Waals surface area contributed by atoms with Crippen molar-refractivity contribution in [3.63, 3.8) is 0 Å². The third-order valence-corrected chi connectivity index (χ3v) is 3.97. The molecule has 0 unspecified atom stereocenters. The predicted octanol–water partition coefficient (Wildman–Crippen LogP) is 0.924. The van der Waals surface area contributed by atoms with E-state index in [1.165, 1.54) is 11.1 Å². The summed E-state index contributed by atoms with van der Waals surface area (Å²) in [5, 5.41) is 2.93. The standard InChI is InChI=1S/C16H22N2O3/c19-16(15-12-20-8-9-21-15)17-6-3-7-18-10-13-4-1-2-5-14(13)11-18/h1-2,4-5,15H,3,6-12H2,(H,17,19)/t15-/m1/s1. The molecular formula is C16H22N2O3. The summed E-state index contributed by atoms with van der Waals surface area (Å²) in [6, 6.07) is 8.57. The van der Waals surface area contributed by atoms with Crippen LogP contribution in [0.1, 0.15) is 17.5 Å². The smallest absolute Gasteiger partial charge is 0.251 e. The molecule has 2 aliphatic rings. The maximum Gasteiger partial charge on any atom is 0.251 e. The second-order valence-corrected chi connectivity index (χ2v) is 5.56. The molecule has 1 aromatic rings. The van der Waals surface area contributed by atoms with Crippen LogP contribution >= 0.6 is 0 Å². The molecule has 1 N–H and O–H groups in total. The van der Waals surface area contributed by atoms with E-state index in [0.29, 0.717) is 26.4 Å². The van der Waals surface area contributed by atoms with E-state index < -0.39 is 6.10 Å². The van der Waals surface area contributed by atoms with Gasteiger partial charge in [-0.15, -0.1) is 0 Å². The molecule has 0 bridgehead atoms. The molecule has 0 saturated carbocycles. The van der Waals surface area contributed by atoms with Gasteiger partial charge < -0.3 is 14.8 Å². The topological polar surface area (TPSA) is 50.8 Å². The minimum Gasteiger partial charge on any atom is -0.376 e. The number of carbonyl (C=O) groups is 1. The van der Waals surface area contributed by atoms with Gasteiger partial charge in [-0.1, -0.05) is 24.3 Å². The van der Waals surface area contributed by atoms with Crippen molar-refractivity contribution in [2.45, 2.75) is 25.6 Å². The molecule has 0 aromatic heterocycles. The molecule has 1 fully saturated rings. The largest absolute Gasteiger partial charge is 0.376 e. The molecule has 3 rings (SSSR count). The van der Waals surface area contributed by atoms with Crippen molar-refractivity contribution < 1.29 is 14.3 Å². The van der Waals surface area contributed by atoms with E-state index in [-0.39, 0.29) is 5.91 Å². The molecule has 1 aromatic carbocycles. The lowest BCUT2D eigenvalue weighted by Crippen LogP contribution is -2.43. The first-order valence-corrected chi connectivity index (χ1v) is 7.59. The van der Waals surface area contributed by atoms with Crippen molar-refractivity contribution in [1.29, 1.82) is 0 Å². The third kappa shape index (κ3) is 3.81. The molecule has 1 saturated heterocycles. The number of rotatable bonds is 5. The van der Waals surface area contributed by atoms with Crippen LogP contribution in [0.5, 0.6) is 0 Å². The highest BCUT2D eigenvalue weighted by Crippen LogP contribution is 2.21. The Labute approximate surface area is 125 Å². The SMILES string of the molecule is O=C(NCCCN1Cc2ccccc2C1)[C@H]1COCCO1. The van der Waals surface area contributed by atoms with Crippen LogP contribution in [0.2, 0.25) is 0 Å². The van der Waals surface area contributed by atoms with Gasteiger partial charge in [0.1, 0.15) is 0 Å². The number of nitrogens with zero attached hydrogens (tertiary/aromatic N) is 1. The number of hydrogen-bond donors (Lipinski definition) is 1. The third-order valence-electron chi connectivity index (χ3n) is 3.97. The van der Waals surface area contributed by atoms with E-state index in [1.54, 1.807) is 0 Å². The molecule has 2 aliphatic heterocycles. The quantitative estimate of drug-likeness (QED) is 0.820. The highest BCUT2D eigenvalue weighted by molar-refractivity contribution is 5.80. The Hall–Kier alpha value is -1.43. The van der Waals surface area contributed by atoms with Gasteiger partial charge in [-0.05, 0) is 17.5 Å². The summed E-state index contributed by atoms with van der Waals surface area (Å²) in [4.78, 5) is 14.3. The fraction of sp³-hybridized carbons (Fsp3) is 0.562. The van der Waals surface area contributed by atoms with Gasteiger partial charge in [0, 0.05) is 26.2 Å². The van der Waals surface area contributed by atoms with E-state index in [9.17, 15) is 4.79 Å². The van der Waals surface area contributed by atoms with Crippen LogP contribution in [0.25, 0.3) is 0 Å². The Morgan fingerprint density at radius 3 is 2.67 bits per heavy atom. The van der Waals surface area contributed by atoms with E-state index in [1.807, 2.05) is 0 Å². The maximum absolute atomic E-state index is 11.8. The zero-order valence-electron chi connectivity index (χ0n) is 12.2. The van der Waals surface area contributed by atoms with Crippen molar-refractivity contribution in [3.8, 4) is 0 Å². The van der Waals surface area contributed by atoms with Crippen molar-refractivity contribution >= 4 is 5.91 Å². The van der Waals surface area contributed by atoms with Gasteiger partial charge in [-0.25, -0.2) is 0 Å². The summed E-state index contributed by atoms with van der Waals surface area (Å²) in [5.74, 6) is -0.0561. The van der Waals surface area contributed by atoms with Crippen LogP contribution in [-0.2, 0) is 27.4 Å². The highest BCUT2D eigenvalue weighted by atomic mass is 16.6. The Balaban J connectivity index is 1.33. The van der Waals surface area contributed by atoms with Gasteiger partial charge in [0.15, 0.2) is 6.10 Å². The number of hydrogen-bond acceptors (Lipinski definition) is 4. The normalized spacial score (nSPS) is 22.0. The summed E-state index contributed by atoms with van der Waals surface area (Å²) >= 11 is 0. The number of benzene rings is 1. The summed E-state index contributed by atoms with van der Waals surface area (Å²) in [6.07, 6.45) is 0.516. The average Bonchev–Trinajstić information content (AvgIpc) is 2.95. The number of ether oxygens (including phenoxy) is 2. The van der Waals surface area contributed by atoms with Crippen molar-refractivity contribution in [2.24, 2.45) is 0 Å². The first kappa shape index (κ1) is 14.5. The van der Waals surface area contributed by atoms with E-state index in [2.05, 4.69) is 34.5 Å². The Morgan fingerprint density at radius 1 is 1.24 bits per heavy atom. The van der Waals surface area contributed by atoms with Gasteiger partial charge in [-0.2, -0.15) is 0 Å². The molecule has 0 radical (unpaired) electrons. The Morgan fingerprint density at radius 2 is 2.00 bits per heavy atom. The summed E-state index contributed by atoms with van der Waals surface area (Å²) in [6.45, 7) is 5.17. The zero-order valence-corrected chi connectivity index (χ0v) is 12.2. The minimum atomic E-state index is -0.435. The average molecular weight is 290 g/mol. The van der Waals surface area contributed by atoms with Crippen LogP contribution in [0.3, 0.4) is 0 Å². The monoisotopic (exact) mass is 290 g/mol. The van der Waals surface area contributed by atoms with E-state index >= 15 is 0 Å². The van der Waals surface area contributed by atoms with Gasteiger partial charge in [0.05, 0.1) is 19.8 Å². The van der Waals surface area contributed by atoms with Crippen LogP contribution in [-0.4, -0.2) is 49.8 Å². The molecule has 5 heteroatoms. The second kappa shape index (κ2) is 7.02. The van der Waals surface area contributed by atoms with Crippen molar-refractivity contribution in [1.82, 2.24) is 10.2 Å². The molecule has 5 nitrogen and oxygen atoms in total. The molecule has 2 heterocycles. The fourth-order valence-corrected chi connectivity index (χ4v) is 2.83. The van der Waals surface area contributed by atoms with Crippen molar-refractivity contribution in [2.75, 3.05) is 32.9 Å². The lowest BCUT2D eigenvalue weighted by atomic mass is 10.1.